The van der Waals surface area contributed by atoms with Crippen LogP contribution in [0.3, 0.4) is 0 Å². The van der Waals surface area contributed by atoms with Gasteiger partial charge in [0.2, 0.25) is 17.7 Å². The number of pyridine rings is 1. The van der Waals surface area contributed by atoms with Gasteiger partial charge in [0.15, 0.2) is 0 Å². The van der Waals surface area contributed by atoms with Crippen LogP contribution in [0, 0.1) is 5.92 Å². The molecule has 43 heavy (non-hydrogen) atoms. The van der Waals surface area contributed by atoms with Crippen LogP contribution in [0.15, 0.2) is 43.1 Å². The summed E-state index contributed by atoms with van der Waals surface area (Å²) >= 11 is 0. The standard InChI is InChI=1S/C32H40N4O7/c1-3-5-10-25-29(38)36-19-23(17-26(36)27(37)35-32(30(39)40)18-22(32)4-2)43-28-24-16-20(11-12-21(24)13-14-33-28)9-7-6-8-15-42-31(41)34-25/h4,11-14,16,22-23,25-26H,2-3,5-10,15,17-19H2,1H3,(H,34,41)(H,35,37)(H,39,40)/t22-,23+,25+,26+,32-/m1/s1. The molecular weight excluding hydrogens is 552 g/mol. The molecule has 3 N–H and O–H groups in total. The Morgan fingerprint density at radius 3 is 2.84 bits per heavy atom. The number of nitrogens with zero attached hydrogens (tertiary/aromatic N) is 2. The van der Waals surface area contributed by atoms with Crippen LogP contribution in [0.25, 0.3) is 10.8 Å². The van der Waals surface area contributed by atoms with Crippen molar-refractivity contribution in [1.82, 2.24) is 20.5 Å². The van der Waals surface area contributed by atoms with Gasteiger partial charge in [0.1, 0.15) is 23.7 Å². The number of carboxylic acid groups (broad SMARTS) is 1. The summed E-state index contributed by atoms with van der Waals surface area (Å²) in [4.78, 5) is 58.4. The Bertz CT molecular complexity index is 1400. The third-order valence-corrected chi connectivity index (χ3v) is 8.73. The summed E-state index contributed by atoms with van der Waals surface area (Å²) in [5.74, 6) is -2.16. The molecule has 11 heteroatoms. The maximum Gasteiger partial charge on any atom is 0.407 e. The predicted octanol–water partition coefficient (Wildman–Crippen LogP) is 3.74. The molecule has 2 fully saturated rings. The first-order valence-corrected chi connectivity index (χ1v) is 15.2. The summed E-state index contributed by atoms with van der Waals surface area (Å²) in [6.07, 6.45) is 7.46. The molecular formula is C32H40N4O7. The van der Waals surface area contributed by atoms with Gasteiger partial charge < -0.3 is 30.1 Å². The van der Waals surface area contributed by atoms with E-state index in [2.05, 4.69) is 34.3 Å². The van der Waals surface area contributed by atoms with Gasteiger partial charge in [0, 0.05) is 23.9 Å². The van der Waals surface area contributed by atoms with Crippen LogP contribution < -0.4 is 15.4 Å². The van der Waals surface area contributed by atoms with Crippen LogP contribution in [0.4, 0.5) is 4.79 Å². The van der Waals surface area contributed by atoms with Gasteiger partial charge in [-0.1, -0.05) is 38.0 Å². The maximum atomic E-state index is 14.0. The van der Waals surface area contributed by atoms with Crippen molar-refractivity contribution in [2.75, 3.05) is 13.2 Å². The Morgan fingerprint density at radius 1 is 1.26 bits per heavy atom. The number of carboxylic acids is 1. The highest BCUT2D eigenvalue weighted by Crippen LogP contribution is 2.45. The minimum atomic E-state index is -1.45. The molecule has 0 radical (unpaired) electrons. The zero-order valence-electron chi connectivity index (χ0n) is 24.5. The number of hydrogen-bond donors (Lipinski definition) is 3. The molecule has 230 valence electrons. The second-order valence-electron chi connectivity index (χ2n) is 11.8. The Hall–Kier alpha value is -4.15. The highest BCUT2D eigenvalue weighted by molar-refractivity contribution is 5.96. The van der Waals surface area contributed by atoms with Crippen LogP contribution in [0.5, 0.6) is 5.88 Å². The van der Waals surface area contributed by atoms with E-state index in [4.69, 9.17) is 9.47 Å². The van der Waals surface area contributed by atoms with E-state index in [1.54, 1.807) is 6.20 Å². The molecule has 2 aromatic rings. The van der Waals surface area contributed by atoms with Crippen molar-refractivity contribution in [1.29, 1.82) is 0 Å². The number of ether oxygens (including phenoxy) is 2. The van der Waals surface area contributed by atoms with Gasteiger partial charge in [-0.05, 0) is 61.6 Å². The van der Waals surface area contributed by atoms with Crippen molar-refractivity contribution in [3.05, 3.63) is 48.7 Å². The molecule has 11 nitrogen and oxygen atoms in total. The highest BCUT2D eigenvalue weighted by atomic mass is 16.5. The fraction of sp³-hybridized carbons (Fsp3) is 0.531. The number of nitrogens with one attached hydrogen (secondary N) is 2. The predicted molar refractivity (Wildman–Crippen MR) is 158 cm³/mol. The third-order valence-electron chi connectivity index (χ3n) is 8.73. The summed E-state index contributed by atoms with van der Waals surface area (Å²) in [7, 11) is 0. The number of cyclic esters (lactones) is 1. The SMILES string of the molecule is C=C[C@@H]1C[C@]1(NC(=O)[C@@H]1C[C@H]2CN1C(=O)[C@H](CCCC)NC(=O)OCCCCCc1ccc3ccnc(c3c1)O2)C(=O)O. The van der Waals surface area contributed by atoms with Crippen LogP contribution in [-0.4, -0.2) is 75.7 Å². The average Bonchev–Trinajstić information content (AvgIpc) is 3.56. The Labute approximate surface area is 251 Å². The molecule has 1 saturated heterocycles. The minimum absolute atomic E-state index is 0.0684. The maximum absolute atomic E-state index is 14.0. The van der Waals surface area contributed by atoms with Crippen LogP contribution >= 0.6 is 0 Å². The molecule has 4 bridgehead atoms. The van der Waals surface area contributed by atoms with Gasteiger partial charge in [-0.3, -0.25) is 9.59 Å². The smallest absolute Gasteiger partial charge is 0.407 e. The average molecular weight is 593 g/mol. The monoisotopic (exact) mass is 592 g/mol. The molecule has 1 saturated carbocycles. The molecule has 5 rings (SSSR count). The number of unbranched alkanes of at least 4 members (excludes halogenated alkanes) is 1. The fourth-order valence-electron chi connectivity index (χ4n) is 6.11. The Morgan fingerprint density at radius 2 is 2.09 bits per heavy atom. The second-order valence-corrected chi connectivity index (χ2v) is 11.8. The molecule has 0 spiro atoms. The summed E-state index contributed by atoms with van der Waals surface area (Å²) in [6.45, 7) is 5.98. The zero-order valence-corrected chi connectivity index (χ0v) is 24.5. The quantitative estimate of drug-likeness (QED) is 0.412. The number of alkyl carbamates (subject to hydrolysis) is 1. The molecule has 1 aromatic carbocycles. The van der Waals surface area contributed by atoms with Crippen LogP contribution in [-0.2, 0) is 25.5 Å². The second kappa shape index (κ2) is 13.0. The molecule has 1 aliphatic carbocycles. The Balaban J connectivity index is 1.47. The number of amides is 3. The molecule has 2 aliphatic heterocycles. The van der Waals surface area contributed by atoms with Gasteiger partial charge >= 0.3 is 12.1 Å². The lowest BCUT2D eigenvalue weighted by Crippen LogP contribution is -2.56. The first kappa shape index (κ1) is 30.3. The minimum Gasteiger partial charge on any atom is -0.479 e. The van der Waals surface area contributed by atoms with E-state index in [-0.39, 0.29) is 26.0 Å². The summed E-state index contributed by atoms with van der Waals surface area (Å²) < 4.78 is 11.8. The molecule has 3 aliphatic rings. The van der Waals surface area contributed by atoms with Gasteiger partial charge in [0.05, 0.1) is 13.2 Å². The van der Waals surface area contributed by atoms with Crippen LogP contribution in [0.1, 0.15) is 63.9 Å². The van der Waals surface area contributed by atoms with E-state index in [1.807, 2.05) is 19.1 Å². The van der Waals surface area contributed by atoms with E-state index >= 15 is 0 Å². The molecule has 3 amide bonds. The first-order valence-electron chi connectivity index (χ1n) is 15.2. The molecule has 0 unspecified atom stereocenters. The highest BCUT2D eigenvalue weighted by Gasteiger charge is 2.61. The summed E-state index contributed by atoms with van der Waals surface area (Å²) in [5, 5.41) is 17.1. The topological polar surface area (TPSA) is 147 Å². The fourth-order valence-corrected chi connectivity index (χ4v) is 6.11. The largest absolute Gasteiger partial charge is 0.479 e. The van der Waals surface area contributed by atoms with E-state index < -0.39 is 53.5 Å². The number of fused-ring (bicyclic) bond motifs is 3. The Kier molecular flexibility index (Phi) is 9.17. The number of carbonyl (C=O) groups is 4. The summed E-state index contributed by atoms with van der Waals surface area (Å²) in [5.41, 5.74) is -0.319. The lowest BCUT2D eigenvalue weighted by molar-refractivity contribution is -0.145. The number of hydrogen-bond acceptors (Lipinski definition) is 7. The first-order chi connectivity index (χ1) is 20.8. The molecule has 3 heterocycles. The van der Waals surface area contributed by atoms with Crippen molar-refractivity contribution in [2.24, 2.45) is 5.92 Å². The summed E-state index contributed by atoms with van der Waals surface area (Å²) in [6, 6.07) is 6.17. The lowest BCUT2D eigenvalue weighted by Gasteiger charge is -2.29. The normalized spacial score (nSPS) is 27.8. The van der Waals surface area contributed by atoms with E-state index in [0.717, 1.165) is 42.0 Å². The lowest BCUT2D eigenvalue weighted by atomic mass is 10.0. The molecule has 1 aromatic heterocycles. The van der Waals surface area contributed by atoms with Crippen molar-refractivity contribution in [2.45, 2.75) is 88.4 Å². The third kappa shape index (κ3) is 6.60. The number of benzene rings is 1. The number of aliphatic carboxylic acids is 1. The number of carbonyl (C=O) groups excluding carboxylic acids is 3. The zero-order chi connectivity index (χ0) is 30.6. The molecule has 5 atom stereocenters. The van der Waals surface area contributed by atoms with E-state index in [1.165, 1.54) is 11.0 Å². The van der Waals surface area contributed by atoms with Crippen molar-refractivity contribution in [3.8, 4) is 5.88 Å². The van der Waals surface area contributed by atoms with Gasteiger partial charge in [0.25, 0.3) is 0 Å². The number of rotatable bonds is 7. The van der Waals surface area contributed by atoms with Crippen molar-refractivity contribution < 1.29 is 33.8 Å². The van der Waals surface area contributed by atoms with E-state index in [0.29, 0.717) is 25.1 Å². The van der Waals surface area contributed by atoms with Gasteiger partial charge in [-0.2, -0.15) is 0 Å². The van der Waals surface area contributed by atoms with Gasteiger partial charge in [-0.25, -0.2) is 14.6 Å². The van der Waals surface area contributed by atoms with Crippen LogP contribution in [0.2, 0.25) is 0 Å². The van der Waals surface area contributed by atoms with Crippen molar-refractivity contribution >= 4 is 34.6 Å². The number of aryl methyl sites for hydroxylation is 1. The van der Waals surface area contributed by atoms with E-state index in [9.17, 15) is 24.3 Å². The number of aromatic nitrogens is 1. The van der Waals surface area contributed by atoms with Gasteiger partial charge in [-0.15, -0.1) is 6.58 Å². The van der Waals surface area contributed by atoms with Crippen molar-refractivity contribution in [3.63, 3.8) is 0 Å².